The van der Waals surface area contributed by atoms with E-state index in [1.54, 1.807) is 19.0 Å². The van der Waals surface area contributed by atoms with Gasteiger partial charge in [-0.05, 0) is 30.0 Å². The normalized spacial score (nSPS) is 10.4. The van der Waals surface area contributed by atoms with Crippen molar-refractivity contribution >= 4 is 16.8 Å². The fourth-order valence-electron chi connectivity index (χ4n) is 2.07. The standard InChI is InChI=1S/C15H17N3O/c1-17(2)15(19)4-3-8-18-9-7-13-6-5-12(11-16)10-14(13)18/h5-7,9-10H,3-4,8H2,1-2H3. The van der Waals surface area contributed by atoms with E-state index < -0.39 is 0 Å². The highest BCUT2D eigenvalue weighted by Crippen LogP contribution is 2.18. The second-order valence-electron chi connectivity index (χ2n) is 4.79. The predicted octanol–water partition coefficient (Wildman–Crippen LogP) is 2.38. The van der Waals surface area contributed by atoms with Gasteiger partial charge in [-0.3, -0.25) is 4.79 Å². The lowest BCUT2D eigenvalue weighted by Crippen LogP contribution is -2.21. The third-order valence-electron chi connectivity index (χ3n) is 3.19. The molecule has 0 unspecified atom stereocenters. The SMILES string of the molecule is CN(C)C(=O)CCCn1ccc2ccc(C#N)cc21. The molecule has 2 aromatic rings. The number of aryl methyl sites for hydroxylation is 1. The summed E-state index contributed by atoms with van der Waals surface area (Å²) in [4.78, 5) is 13.1. The average molecular weight is 255 g/mol. The van der Waals surface area contributed by atoms with Crippen LogP contribution in [0.1, 0.15) is 18.4 Å². The Morgan fingerprint density at radius 1 is 1.37 bits per heavy atom. The Kier molecular flexibility index (Phi) is 3.86. The first-order valence-corrected chi connectivity index (χ1v) is 6.31. The van der Waals surface area contributed by atoms with E-state index in [0.717, 1.165) is 23.9 Å². The molecular formula is C15H17N3O. The molecule has 0 aliphatic carbocycles. The van der Waals surface area contributed by atoms with Gasteiger partial charge in [0.05, 0.1) is 11.6 Å². The van der Waals surface area contributed by atoms with Crippen LogP contribution >= 0.6 is 0 Å². The molecule has 4 nitrogen and oxygen atoms in total. The van der Waals surface area contributed by atoms with Crippen molar-refractivity contribution in [2.24, 2.45) is 0 Å². The second kappa shape index (κ2) is 5.57. The summed E-state index contributed by atoms with van der Waals surface area (Å²) < 4.78 is 2.10. The summed E-state index contributed by atoms with van der Waals surface area (Å²) in [6.45, 7) is 0.790. The van der Waals surface area contributed by atoms with Gasteiger partial charge in [0, 0.05) is 38.8 Å². The third-order valence-corrected chi connectivity index (χ3v) is 3.19. The van der Waals surface area contributed by atoms with Gasteiger partial charge in [-0.2, -0.15) is 5.26 Å². The zero-order valence-corrected chi connectivity index (χ0v) is 11.3. The Morgan fingerprint density at radius 2 is 2.16 bits per heavy atom. The molecule has 19 heavy (non-hydrogen) atoms. The highest BCUT2D eigenvalue weighted by molar-refractivity contribution is 5.81. The third kappa shape index (κ3) is 2.94. The molecule has 0 fully saturated rings. The Hall–Kier alpha value is -2.28. The summed E-state index contributed by atoms with van der Waals surface area (Å²) in [6, 6.07) is 9.85. The fraction of sp³-hybridized carbons (Fsp3) is 0.333. The van der Waals surface area contributed by atoms with E-state index in [-0.39, 0.29) is 5.91 Å². The molecule has 98 valence electrons. The van der Waals surface area contributed by atoms with Crippen LogP contribution in [-0.4, -0.2) is 29.5 Å². The van der Waals surface area contributed by atoms with Crippen molar-refractivity contribution in [3.05, 3.63) is 36.0 Å². The maximum absolute atomic E-state index is 11.5. The molecule has 4 heteroatoms. The van der Waals surface area contributed by atoms with Gasteiger partial charge in [0.25, 0.3) is 0 Å². The van der Waals surface area contributed by atoms with Gasteiger partial charge in [0.15, 0.2) is 0 Å². The molecule has 1 heterocycles. The molecule has 0 aliphatic heterocycles. The summed E-state index contributed by atoms with van der Waals surface area (Å²) in [6.07, 6.45) is 3.36. The van der Waals surface area contributed by atoms with E-state index in [0.29, 0.717) is 12.0 Å². The van der Waals surface area contributed by atoms with Gasteiger partial charge >= 0.3 is 0 Å². The highest BCUT2D eigenvalue weighted by Gasteiger charge is 2.05. The number of amides is 1. The summed E-state index contributed by atoms with van der Waals surface area (Å²) in [5.41, 5.74) is 1.72. The number of aromatic nitrogens is 1. The molecule has 0 N–H and O–H groups in total. The van der Waals surface area contributed by atoms with Crippen molar-refractivity contribution in [1.29, 1.82) is 5.26 Å². The minimum Gasteiger partial charge on any atom is -0.349 e. The smallest absolute Gasteiger partial charge is 0.222 e. The van der Waals surface area contributed by atoms with E-state index in [1.807, 2.05) is 30.5 Å². The van der Waals surface area contributed by atoms with Gasteiger partial charge in [-0.25, -0.2) is 0 Å². The van der Waals surface area contributed by atoms with E-state index in [2.05, 4.69) is 10.6 Å². The van der Waals surface area contributed by atoms with Crippen molar-refractivity contribution < 1.29 is 4.79 Å². The van der Waals surface area contributed by atoms with E-state index in [9.17, 15) is 4.79 Å². The second-order valence-corrected chi connectivity index (χ2v) is 4.79. The molecule has 1 aromatic carbocycles. The van der Waals surface area contributed by atoms with Crippen LogP contribution in [0.25, 0.3) is 10.9 Å². The molecule has 0 spiro atoms. The number of fused-ring (bicyclic) bond motifs is 1. The van der Waals surface area contributed by atoms with Gasteiger partial charge in [0.2, 0.25) is 5.91 Å². The Balaban J connectivity index is 2.09. The van der Waals surface area contributed by atoms with Gasteiger partial charge in [0.1, 0.15) is 0 Å². The number of hydrogen-bond acceptors (Lipinski definition) is 2. The molecule has 0 aliphatic rings. The largest absolute Gasteiger partial charge is 0.349 e. The number of rotatable bonds is 4. The monoisotopic (exact) mass is 255 g/mol. The average Bonchev–Trinajstić information content (AvgIpc) is 2.81. The lowest BCUT2D eigenvalue weighted by atomic mass is 10.2. The topological polar surface area (TPSA) is 49.0 Å². The maximum atomic E-state index is 11.5. The van der Waals surface area contributed by atoms with Crippen LogP contribution in [0.4, 0.5) is 0 Å². The van der Waals surface area contributed by atoms with E-state index >= 15 is 0 Å². The van der Waals surface area contributed by atoms with Gasteiger partial charge in [-0.15, -0.1) is 0 Å². The van der Waals surface area contributed by atoms with Gasteiger partial charge < -0.3 is 9.47 Å². The molecule has 0 atom stereocenters. The number of carbonyl (C=O) groups is 1. The summed E-state index contributed by atoms with van der Waals surface area (Å²) >= 11 is 0. The minimum atomic E-state index is 0.147. The first-order chi connectivity index (χ1) is 9.11. The molecule has 0 saturated carbocycles. The highest BCUT2D eigenvalue weighted by atomic mass is 16.2. The Labute approximate surface area is 112 Å². The number of carbonyl (C=O) groups excluding carboxylic acids is 1. The van der Waals surface area contributed by atoms with Crippen LogP contribution in [0.3, 0.4) is 0 Å². The van der Waals surface area contributed by atoms with Crippen molar-refractivity contribution in [1.82, 2.24) is 9.47 Å². The van der Waals surface area contributed by atoms with Crippen LogP contribution in [0.5, 0.6) is 0 Å². The molecule has 1 aromatic heterocycles. The maximum Gasteiger partial charge on any atom is 0.222 e. The molecule has 2 rings (SSSR count). The van der Waals surface area contributed by atoms with Crippen LogP contribution in [0.15, 0.2) is 30.5 Å². The molecule has 0 bridgehead atoms. The zero-order valence-electron chi connectivity index (χ0n) is 11.3. The predicted molar refractivity (Wildman–Crippen MR) is 74.6 cm³/mol. The van der Waals surface area contributed by atoms with Crippen LogP contribution < -0.4 is 0 Å². The minimum absolute atomic E-state index is 0.147. The van der Waals surface area contributed by atoms with E-state index in [4.69, 9.17) is 5.26 Å². The van der Waals surface area contributed by atoms with Crippen molar-refractivity contribution in [3.8, 4) is 6.07 Å². The molecular weight excluding hydrogens is 238 g/mol. The number of nitrogens with zero attached hydrogens (tertiary/aromatic N) is 3. The van der Waals surface area contributed by atoms with Crippen LogP contribution in [0, 0.1) is 11.3 Å². The van der Waals surface area contributed by atoms with Gasteiger partial charge in [-0.1, -0.05) is 6.07 Å². The Morgan fingerprint density at radius 3 is 2.84 bits per heavy atom. The number of hydrogen-bond donors (Lipinski definition) is 0. The molecule has 0 radical (unpaired) electrons. The summed E-state index contributed by atoms with van der Waals surface area (Å²) in [7, 11) is 3.54. The number of nitriles is 1. The summed E-state index contributed by atoms with van der Waals surface area (Å²) in [5.74, 6) is 0.147. The fourth-order valence-corrected chi connectivity index (χ4v) is 2.07. The molecule has 0 saturated heterocycles. The first kappa shape index (κ1) is 13.2. The van der Waals surface area contributed by atoms with Crippen molar-refractivity contribution in [2.75, 3.05) is 14.1 Å². The van der Waals surface area contributed by atoms with Crippen molar-refractivity contribution in [2.45, 2.75) is 19.4 Å². The van der Waals surface area contributed by atoms with Crippen LogP contribution in [-0.2, 0) is 11.3 Å². The zero-order chi connectivity index (χ0) is 13.8. The van der Waals surface area contributed by atoms with Crippen LogP contribution in [0.2, 0.25) is 0 Å². The van der Waals surface area contributed by atoms with Crippen molar-refractivity contribution in [3.63, 3.8) is 0 Å². The summed E-state index contributed by atoms with van der Waals surface area (Å²) in [5, 5.41) is 10.0. The quantitative estimate of drug-likeness (QED) is 0.842. The Bertz CT molecular complexity index is 634. The van der Waals surface area contributed by atoms with E-state index in [1.165, 1.54) is 0 Å². The first-order valence-electron chi connectivity index (χ1n) is 6.31. The number of benzene rings is 1. The lowest BCUT2D eigenvalue weighted by molar-refractivity contribution is -0.128. The lowest BCUT2D eigenvalue weighted by Gasteiger charge is -2.10. The molecule has 1 amide bonds.